The largest absolute Gasteiger partial charge is 0.342 e. The van der Waals surface area contributed by atoms with E-state index in [0.717, 1.165) is 77.7 Å². The molecule has 1 aliphatic rings. The summed E-state index contributed by atoms with van der Waals surface area (Å²) in [4.78, 5) is 24.9. The van der Waals surface area contributed by atoms with Crippen LogP contribution in [0.25, 0.3) is 16.6 Å². The molecule has 4 aromatic rings. The van der Waals surface area contributed by atoms with E-state index in [9.17, 15) is 4.79 Å². The van der Waals surface area contributed by atoms with Crippen LogP contribution in [0.5, 0.6) is 0 Å². The van der Waals surface area contributed by atoms with Gasteiger partial charge in [-0.25, -0.2) is 9.97 Å². The summed E-state index contributed by atoms with van der Waals surface area (Å²) in [5.41, 5.74) is 4.99. The van der Waals surface area contributed by atoms with Gasteiger partial charge in [0, 0.05) is 30.6 Å². The fourth-order valence-corrected chi connectivity index (χ4v) is 5.56. The molecule has 0 saturated carbocycles. The molecule has 3 aromatic heterocycles. The van der Waals surface area contributed by atoms with E-state index in [-0.39, 0.29) is 11.2 Å². The average molecular weight is 464 g/mol. The van der Waals surface area contributed by atoms with Crippen LogP contribution in [0.3, 0.4) is 0 Å². The van der Waals surface area contributed by atoms with Gasteiger partial charge in [-0.3, -0.25) is 9.89 Å². The van der Waals surface area contributed by atoms with Crippen LogP contribution in [0.1, 0.15) is 49.0 Å². The van der Waals surface area contributed by atoms with Gasteiger partial charge in [0.15, 0.2) is 16.6 Å². The number of hydrogen-bond donors (Lipinski definition) is 1. The Morgan fingerprint density at radius 3 is 2.67 bits per heavy atom. The van der Waals surface area contributed by atoms with Gasteiger partial charge >= 0.3 is 0 Å². The Kier molecular flexibility index (Phi) is 6.05. The molecule has 1 atom stereocenters. The second-order valence-corrected chi connectivity index (χ2v) is 9.80. The molecule has 1 amide bonds. The number of rotatable bonds is 7. The molecule has 33 heavy (non-hydrogen) atoms. The number of nitrogens with one attached hydrogen (secondary N) is 1. The number of likely N-dealkylation sites (tertiary alicyclic amines) is 1. The summed E-state index contributed by atoms with van der Waals surface area (Å²) in [5, 5.41) is 13.7. The topological polar surface area (TPSA) is 92.1 Å². The van der Waals surface area contributed by atoms with Crippen LogP contribution < -0.4 is 0 Å². The lowest BCUT2D eigenvalue weighted by molar-refractivity contribution is -0.129. The van der Waals surface area contributed by atoms with Crippen LogP contribution in [-0.2, 0) is 17.6 Å². The first-order valence-corrected chi connectivity index (χ1v) is 12.5. The van der Waals surface area contributed by atoms with Gasteiger partial charge in [0.2, 0.25) is 5.91 Å². The lowest BCUT2D eigenvalue weighted by Gasteiger charge is -2.21. The van der Waals surface area contributed by atoms with E-state index in [1.165, 1.54) is 17.3 Å². The zero-order chi connectivity index (χ0) is 22.9. The van der Waals surface area contributed by atoms with Gasteiger partial charge in [-0.1, -0.05) is 30.8 Å². The maximum Gasteiger partial charge on any atom is 0.236 e. The second-order valence-electron chi connectivity index (χ2n) is 8.63. The maximum atomic E-state index is 13.1. The summed E-state index contributed by atoms with van der Waals surface area (Å²) >= 11 is 1.51. The number of thioether (sulfide) groups is 1. The predicted octanol–water partition coefficient (Wildman–Crippen LogP) is 3.90. The minimum Gasteiger partial charge on any atom is -0.342 e. The number of H-pyrrole nitrogens is 1. The van der Waals surface area contributed by atoms with Crippen LogP contribution in [0, 0.1) is 13.8 Å². The highest BCUT2D eigenvalue weighted by molar-refractivity contribution is 8.00. The number of para-hydroxylation sites is 1. The molecule has 1 aliphatic heterocycles. The number of fused-ring (bicyclic) bond motifs is 3. The molecule has 0 spiro atoms. The number of hydrogen-bond acceptors (Lipinski definition) is 6. The highest BCUT2D eigenvalue weighted by Crippen LogP contribution is 2.30. The molecule has 0 aliphatic carbocycles. The highest BCUT2D eigenvalue weighted by Gasteiger charge is 2.28. The van der Waals surface area contributed by atoms with E-state index in [1.54, 1.807) is 0 Å². The van der Waals surface area contributed by atoms with Crippen LogP contribution in [0.15, 0.2) is 29.4 Å². The molecule has 1 unspecified atom stereocenters. The normalized spacial score (nSPS) is 15.1. The summed E-state index contributed by atoms with van der Waals surface area (Å²) in [6.45, 7) is 7.84. The molecule has 1 aromatic carbocycles. The minimum absolute atomic E-state index is 0.177. The summed E-state index contributed by atoms with van der Waals surface area (Å²) in [6.07, 6.45) is 4.46. The zero-order valence-corrected chi connectivity index (χ0v) is 20.2. The lowest BCUT2D eigenvalue weighted by Crippen LogP contribution is -2.35. The van der Waals surface area contributed by atoms with Gasteiger partial charge in [-0.2, -0.15) is 9.61 Å². The van der Waals surface area contributed by atoms with Crippen molar-refractivity contribution in [2.75, 3.05) is 13.1 Å². The second kappa shape index (κ2) is 9.13. The van der Waals surface area contributed by atoms with Gasteiger partial charge in [-0.05, 0) is 57.2 Å². The van der Waals surface area contributed by atoms with Crippen molar-refractivity contribution in [2.24, 2.45) is 0 Å². The van der Waals surface area contributed by atoms with Crippen molar-refractivity contribution < 1.29 is 4.79 Å². The Morgan fingerprint density at radius 1 is 1.15 bits per heavy atom. The first kappa shape index (κ1) is 21.9. The smallest absolute Gasteiger partial charge is 0.236 e. The Morgan fingerprint density at radius 2 is 1.94 bits per heavy atom. The molecule has 8 nitrogen and oxygen atoms in total. The Bertz CT molecular complexity index is 1290. The molecular weight excluding hydrogens is 434 g/mol. The number of nitrogens with zero attached hydrogens (tertiary/aromatic N) is 6. The van der Waals surface area contributed by atoms with Gasteiger partial charge in [-0.15, -0.1) is 5.10 Å². The number of aromatic nitrogens is 6. The number of aryl methyl sites for hydroxylation is 3. The lowest BCUT2D eigenvalue weighted by atomic mass is 10.1. The van der Waals surface area contributed by atoms with E-state index < -0.39 is 0 Å². The number of amides is 1. The van der Waals surface area contributed by atoms with Gasteiger partial charge < -0.3 is 4.90 Å². The summed E-state index contributed by atoms with van der Waals surface area (Å²) in [5.74, 6) is 0.975. The van der Waals surface area contributed by atoms with Crippen LogP contribution in [0.2, 0.25) is 0 Å². The van der Waals surface area contributed by atoms with Crippen molar-refractivity contribution in [1.82, 2.24) is 34.7 Å². The molecule has 9 heteroatoms. The molecule has 0 bridgehead atoms. The van der Waals surface area contributed by atoms with Gasteiger partial charge in [0.1, 0.15) is 0 Å². The van der Waals surface area contributed by atoms with Crippen molar-refractivity contribution in [2.45, 2.75) is 63.3 Å². The Hall–Kier alpha value is -2.94. The van der Waals surface area contributed by atoms with Gasteiger partial charge in [0.05, 0.1) is 16.5 Å². The zero-order valence-electron chi connectivity index (χ0n) is 19.3. The van der Waals surface area contributed by atoms with E-state index in [0.29, 0.717) is 6.42 Å². The van der Waals surface area contributed by atoms with Crippen LogP contribution in [-0.4, -0.2) is 58.9 Å². The first-order valence-electron chi connectivity index (χ1n) is 11.7. The SMILES string of the molecule is CCC(Sc1nc2ccccc2c2nc(CCc3c(C)n[nH]c3C)nn12)C(=O)N1CCCC1. The molecule has 1 N–H and O–H groups in total. The van der Waals surface area contributed by atoms with Crippen molar-refractivity contribution in [1.29, 1.82) is 0 Å². The molecule has 5 rings (SSSR count). The van der Waals surface area contributed by atoms with Gasteiger partial charge in [0.25, 0.3) is 0 Å². The van der Waals surface area contributed by atoms with Crippen molar-refractivity contribution >= 4 is 34.2 Å². The minimum atomic E-state index is -0.177. The van der Waals surface area contributed by atoms with Crippen LogP contribution in [0.4, 0.5) is 0 Å². The van der Waals surface area contributed by atoms with Crippen LogP contribution >= 0.6 is 11.8 Å². The third kappa shape index (κ3) is 4.21. The molecule has 1 fully saturated rings. The fourth-order valence-electron chi connectivity index (χ4n) is 4.51. The third-order valence-corrected chi connectivity index (χ3v) is 7.68. The number of carbonyl (C=O) groups is 1. The van der Waals surface area contributed by atoms with E-state index in [4.69, 9.17) is 15.1 Å². The molecule has 4 heterocycles. The summed E-state index contributed by atoms with van der Waals surface area (Å²) in [7, 11) is 0. The highest BCUT2D eigenvalue weighted by atomic mass is 32.2. The quantitative estimate of drug-likeness (QED) is 0.330. The van der Waals surface area contributed by atoms with Crippen molar-refractivity contribution in [3.8, 4) is 0 Å². The standard InChI is InChI=1S/C24H29N7OS/c1-4-20(23(32)30-13-7-8-14-30)33-24-25-19-10-6-5-9-18(19)22-26-21(29-31(22)24)12-11-17-15(2)27-28-16(17)3/h5-6,9-10,20H,4,7-8,11-14H2,1-3H3,(H,27,28). The average Bonchev–Trinajstić information content (AvgIpc) is 3.57. The Labute approximate surface area is 197 Å². The predicted molar refractivity (Wildman–Crippen MR) is 130 cm³/mol. The molecular formula is C24H29N7OS. The molecule has 0 radical (unpaired) electrons. The molecule has 172 valence electrons. The maximum absolute atomic E-state index is 13.1. The summed E-state index contributed by atoms with van der Waals surface area (Å²) < 4.78 is 1.83. The third-order valence-electron chi connectivity index (χ3n) is 6.38. The molecule has 1 saturated heterocycles. The number of benzene rings is 1. The summed E-state index contributed by atoms with van der Waals surface area (Å²) in [6, 6.07) is 8.00. The monoisotopic (exact) mass is 463 g/mol. The van der Waals surface area contributed by atoms with E-state index in [2.05, 4.69) is 17.1 Å². The van der Waals surface area contributed by atoms with E-state index in [1.807, 2.05) is 47.5 Å². The van der Waals surface area contributed by atoms with E-state index >= 15 is 0 Å². The number of carbonyl (C=O) groups excluding carboxylic acids is 1. The number of aromatic amines is 1. The Balaban J connectivity index is 1.49. The van der Waals surface area contributed by atoms with Crippen molar-refractivity contribution in [3.05, 3.63) is 47.0 Å². The fraction of sp³-hybridized carbons (Fsp3) is 0.458. The van der Waals surface area contributed by atoms with Crippen molar-refractivity contribution in [3.63, 3.8) is 0 Å². The first-order chi connectivity index (χ1) is 16.0.